The van der Waals surface area contributed by atoms with Crippen molar-refractivity contribution in [2.24, 2.45) is 5.92 Å². The lowest BCUT2D eigenvalue weighted by atomic mass is 10.1. The molecule has 17 heavy (non-hydrogen) atoms. The molecule has 3 rings (SSSR count). The van der Waals surface area contributed by atoms with Crippen molar-refractivity contribution >= 4 is 6.03 Å². The Labute approximate surface area is 103 Å². The highest BCUT2D eigenvalue weighted by Crippen LogP contribution is 2.28. The van der Waals surface area contributed by atoms with Crippen LogP contribution in [0.2, 0.25) is 0 Å². The minimum Gasteiger partial charge on any atom is -0.325 e. The summed E-state index contributed by atoms with van der Waals surface area (Å²) in [6, 6.07) is 0.786. The zero-order valence-corrected chi connectivity index (χ0v) is 10.5. The first kappa shape index (κ1) is 11.3. The first-order chi connectivity index (χ1) is 8.36. The molecule has 2 amide bonds. The van der Waals surface area contributed by atoms with Crippen molar-refractivity contribution in [1.29, 1.82) is 0 Å². The fourth-order valence-corrected chi connectivity index (χ4v) is 3.53. The predicted molar refractivity (Wildman–Crippen MR) is 66.9 cm³/mol. The lowest BCUT2D eigenvalue weighted by molar-refractivity contribution is 0.149. The van der Waals surface area contributed by atoms with E-state index in [2.05, 4.69) is 15.1 Å². The molecule has 0 spiro atoms. The van der Waals surface area contributed by atoms with E-state index in [-0.39, 0.29) is 0 Å². The highest BCUT2D eigenvalue weighted by atomic mass is 16.2. The lowest BCUT2D eigenvalue weighted by Gasteiger charge is -2.30. The Balaban J connectivity index is 1.64. The van der Waals surface area contributed by atoms with Crippen molar-refractivity contribution < 1.29 is 4.79 Å². The fraction of sp³-hybridized carbons (Fsp3) is 0.923. The molecule has 3 fully saturated rings. The van der Waals surface area contributed by atoms with E-state index in [9.17, 15) is 4.79 Å². The van der Waals surface area contributed by atoms with Gasteiger partial charge in [-0.25, -0.2) is 4.79 Å². The molecule has 96 valence electrons. The van der Waals surface area contributed by atoms with Gasteiger partial charge in [0.25, 0.3) is 0 Å². The molecule has 3 heterocycles. The van der Waals surface area contributed by atoms with Crippen LogP contribution in [0, 0.1) is 5.92 Å². The minimum atomic E-state index is 0.308. The van der Waals surface area contributed by atoms with Gasteiger partial charge in [0.1, 0.15) is 0 Å². The molecule has 3 aliphatic heterocycles. The minimum absolute atomic E-state index is 0.308. The summed E-state index contributed by atoms with van der Waals surface area (Å²) in [5.41, 5.74) is 0. The van der Waals surface area contributed by atoms with Gasteiger partial charge in [0.05, 0.1) is 0 Å². The molecule has 2 atom stereocenters. The highest BCUT2D eigenvalue weighted by molar-refractivity contribution is 5.75. The zero-order chi connectivity index (χ0) is 11.7. The maximum atomic E-state index is 12.5. The molecule has 1 N–H and O–H groups in total. The average molecular weight is 237 g/mol. The number of rotatable bonds is 0. The molecule has 0 saturated carbocycles. The van der Waals surface area contributed by atoms with Gasteiger partial charge < -0.3 is 15.1 Å². The molecule has 0 unspecified atom stereocenters. The van der Waals surface area contributed by atoms with Crippen LogP contribution in [0.4, 0.5) is 4.79 Å². The van der Waals surface area contributed by atoms with Gasteiger partial charge in [0, 0.05) is 38.8 Å². The van der Waals surface area contributed by atoms with E-state index in [0.29, 0.717) is 18.0 Å². The van der Waals surface area contributed by atoms with E-state index in [1.807, 2.05) is 0 Å². The molecular weight excluding hydrogens is 214 g/mol. The third-order valence-corrected chi connectivity index (χ3v) is 4.57. The fourth-order valence-electron chi connectivity index (χ4n) is 3.53. The second-order valence-electron chi connectivity index (χ2n) is 5.65. The number of likely N-dealkylation sites (tertiary alicyclic amines) is 2. The number of urea groups is 1. The summed E-state index contributed by atoms with van der Waals surface area (Å²) in [5.74, 6) is 0.714. The molecule has 0 radical (unpaired) electrons. The van der Waals surface area contributed by atoms with Gasteiger partial charge >= 0.3 is 6.03 Å². The van der Waals surface area contributed by atoms with Gasteiger partial charge in [-0.2, -0.15) is 0 Å². The van der Waals surface area contributed by atoms with Gasteiger partial charge in [-0.3, -0.25) is 0 Å². The van der Waals surface area contributed by atoms with Crippen molar-refractivity contribution in [2.75, 3.05) is 32.7 Å². The van der Waals surface area contributed by atoms with E-state index >= 15 is 0 Å². The van der Waals surface area contributed by atoms with Crippen LogP contribution in [0.15, 0.2) is 0 Å². The van der Waals surface area contributed by atoms with E-state index in [1.54, 1.807) is 0 Å². The first-order valence-electron chi connectivity index (χ1n) is 7.12. The smallest absolute Gasteiger partial charge is 0.320 e. The third-order valence-electron chi connectivity index (χ3n) is 4.57. The zero-order valence-electron chi connectivity index (χ0n) is 10.5. The van der Waals surface area contributed by atoms with Gasteiger partial charge in [-0.15, -0.1) is 0 Å². The Hall–Kier alpha value is -0.770. The number of hydrogen-bond acceptors (Lipinski definition) is 2. The topological polar surface area (TPSA) is 35.6 Å². The molecule has 0 aromatic rings. The summed E-state index contributed by atoms with van der Waals surface area (Å²) in [4.78, 5) is 16.7. The van der Waals surface area contributed by atoms with Gasteiger partial charge in [-0.05, 0) is 25.2 Å². The molecule has 0 aliphatic carbocycles. The van der Waals surface area contributed by atoms with Crippen molar-refractivity contribution in [3.8, 4) is 0 Å². The molecule has 0 bridgehead atoms. The summed E-state index contributed by atoms with van der Waals surface area (Å²) in [7, 11) is 0. The number of carbonyl (C=O) groups is 1. The summed E-state index contributed by atoms with van der Waals surface area (Å²) in [6.45, 7) is 5.03. The van der Waals surface area contributed by atoms with Crippen LogP contribution >= 0.6 is 0 Å². The van der Waals surface area contributed by atoms with Crippen LogP contribution < -0.4 is 5.32 Å². The largest absolute Gasteiger partial charge is 0.325 e. The van der Waals surface area contributed by atoms with Crippen LogP contribution in [0.5, 0.6) is 0 Å². The SMILES string of the molecule is O=C(N1CCCCCC1)N1CC[C@H]2CNC[C@H]21. The molecule has 0 aromatic heterocycles. The summed E-state index contributed by atoms with van der Waals surface area (Å²) in [6.07, 6.45) is 6.14. The average Bonchev–Trinajstić information content (AvgIpc) is 2.82. The van der Waals surface area contributed by atoms with Gasteiger partial charge in [0.2, 0.25) is 0 Å². The number of carbonyl (C=O) groups excluding carboxylic acids is 1. The Bertz CT molecular complexity index is 286. The third kappa shape index (κ3) is 2.15. The van der Waals surface area contributed by atoms with Crippen LogP contribution in [0.25, 0.3) is 0 Å². The molecule has 4 nitrogen and oxygen atoms in total. The van der Waals surface area contributed by atoms with Crippen molar-refractivity contribution in [3.05, 3.63) is 0 Å². The van der Waals surface area contributed by atoms with Crippen molar-refractivity contribution in [2.45, 2.75) is 38.1 Å². The summed E-state index contributed by atoms with van der Waals surface area (Å²) < 4.78 is 0. The van der Waals surface area contributed by atoms with Crippen LogP contribution in [-0.4, -0.2) is 54.6 Å². The maximum absolute atomic E-state index is 12.5. The number of hydrogen-bond donors (Lipinski definition) is 1. The van der Waals surface area contributed by atoms with Crippen molar-refractivity contribution in [1.82, 2.24) is 15.1 Å². The molecule has 3 aliphatic rings. The number of amides is 2. The van der Waals surface area contributed by atoms with Crippen LogP contribution in [-0.2, 0) is 0 Å². The van der Waals surface area contributed by atoms with Gasteiger partial charge in [-0.1, -0.05) is 12.8 Å². The normalized spacial score (nSPS) is 33.6. The first-order valence-corrected chi connectivity index (χ1v) is 7.12. The summed E-state index contributed by atoms with van der Waals surface area (Å²) >= 11 is 0. The Morgan fingerprint density at radius 2 is 1.76 bits per heavy atom. The van der Waals surface area contributed by atoms with Crippen LogP contribution in [0.1, 0.15) is 32.1 Å². The monoisotopic (exact) mass is 237 g/mol. The molecule has 4 heteroatoms. The van der Waals surface area contributed by atoms with E-state index < -0.39 is 0 Å². The lowest BCUT2D eigenvalue weighted by Crippen LogP contribution is -2.47. The quantitative estimate of drug-likeness (QED) is 0.689. The Kier molecular flexibility index (Phi) is 3.23. The van der Waals surface area contributed by atoms with E-state index in [1.165, 1.54) is 32.1 Å². The van der Waals surface area contributed by atoms with E-state index in [4.69, 9.17) is 0 Å². The number of fused-ring (bicyclic) bond motifs is 1. The Morgan fingerprint density at radius 3 is 2.53 bits per heavy atom. The second kappa shape index (κ2) is 4.84. The summed E-state index contributed by atoms with van der Waals surface area (Å²) in [5, 5.41) is 3.41. The van der Waals surface area contributed by atoms with E-state index in [0.717, 1.165) is 32.7 Å². The molecule has 3 saturated heterocycles. The number of nitrogens with zero attached hydrogens (tertiary/aromatic N) is 2. The standard InChI is InChI=1S/C13H23N3O/c17-13(15-6-3-1-2-4-7-15)16-8-5-11-9-14-10-12(11)16/h11-12,14H,1-10H2/t11-,12+/m0/s1. The maximum Gasteiger partial charge on any atom is 0.320 e. The molecule has 0 aromatic carbocycles. The van der Waals surface area contributed by atoms with Gasteiger partial charge in [0.15, 0.2) is 0 Å². The number of nitrogens with one attached hydrogen (secondary N) is 1. The molecular formula is C13H23N3O. The highest BCUT2D eigenvalue weighted by Gasteiger charge is 2.41. The Morgan fingerprint density at radius 1 is 1.00 bits per heavy atom. The van der Waals surface area contributed by atoms with Crippen molar-refractivity contribution in [3.63, 3.8) is 0 Å². The predicted octanol–water partition coefficient (Wildman–Crippen LogP) is 1.28. The second-order valence-corrected chi connectivity index (χ2v) is 5.65. The van der Waals surface area contributed by atoms with Crippen LogP contribution in [0.3, 0.4) is 0 Å².